The minimum atomic E-state index is -1.36. The number of hydrogen-bond donors (Lipinski definition) is 3. The zero-order chi connectivity index (χ0) is 15.4. The molecule has 0 aliphatic carbocycles. The summed E-state index contributed by atoms with van der Waals surface area (Å²) in [6.07, 6.45) is -0.236. The fraction of sp³-hybridized carbons (Fsp3) is 0.462. The summed E-state index contributed by atoms with van der Waals surface area (Å²) < 4.78 is 4.62. The zero-order valence-corrected chi connectivity index (χ0v) is 12.2. The summed E-state index contributed by atoms with van der Waals surface area (Å²) in [7, 11) is 0. The molecular formula is C13H17N3O4S. The summed E-state index contributed by atoms with van der Waals surface area (Å²) in [6, 6.07) is 6.60. The summed E-state index contributed by atoms with van der Waals surface area (Å²) in [5, 5.41) is 14.3. The van der Waals surface area contributed by atoms with Crippen LogP contribution in [0.3, 0.4) is 0 Å². The van der Waals surface area contributed by atoms with Gasteiger partial charge in [0.25, 0.3) is 0 Å². The summed E-state index contributed by atoms with van der Waals surface area (Å²) in [4.78, 5) is 20.9. The molecule has 21 heavy (non-hydrogen) atoms. The molecule has 7 nitrogen and oxygen atoms in total. The van der Waals surface area contributed by atoms with E-state index in [9.17, 15) is 14.9 Å². The van der Waals surface area contributed by atoms with Crippen molar-refractivity contribution in [1.29, 1.82) is 0 Å². The monoisotopic (exact) mass is 311 g/mol. The van der Waals surface area contributed by atoms with Crippen molar-refractivity contribution < 1.29 is 14.5 Å². The Morgan fingerprint density at radius 2 is 2.10 bits per heavy atom. The first-order valence-electron chi connectivity index (χ1n) is 6.57. The molecule has 2 bridgehead atoms. The van der Waals surface area contributed by atoms with Crippen molar-refractivity contribution >= 4 is 18.6 Å². The Kier molecular flexibility index (Phi) is 5.16. The second-order valence-electron chi connectivity index (χ2n) is 4.90. The minimum Gasteiger partial charge on any atom is -0.390 e. The maximum Gasteiger partial charge on any atom is 0.383 e. The fourth-order valence-electron chi connectivity index (χ4n) is 2.16. The molecule has 3 N–H and O–H groups in total. The van der Waals surface area contributed by atoms with Crippen molar-refractivity contribution in [2.24, 2.45) is 5.73 Å². The molecule has 3 heterocycles. The molecule has 3 atom stereocenters. The van der Waals surface area contributed by atoms with E-state index < -0.39 is 17.1 Å². The van der Waals surface area contributed by atoms with E-state index in [1.54, 1.807) is 0 Å². The van der Waals surface area contributed by atoms with Crippen molar-refractivity contribution in [3.05, 3.63) is 45.5 Å². The van der Waals surface area contributed by atoms with Crippen molar-refractivity contribution in [2.45, 2.75) is 23.9 Å². The van der Waals surface area contributed by atoms with Crippen LogP contribution in [0.15, 0.2) is 24.3 Å². The second kappa shape index (κ2) is 6.88. The van der Waals surface area contributed by atoms with E-state index in [1.807, 2.05) is 0 Å². The van der Waals surface area contributed by atoms with Gasteiger partial charge < -0.3 is 15.8 Å². The van der Waals surface area contributed by atoms with E-state index in [1.165, 1.54) is 24.3 Å². The van der Waals surface area contributed by atoms with Gasteiger partial charge in [-0.2, -0.15) is 12.6 Å². The molecule has 3 aliphatic rings. The van der Waals surface area contributed by atoms with Crippen LogP contribution in [0.25, 0.3) is 0 Å². The molecule has 0 spiro atoms. The van der Waals surface area contributed by atoms with E-state index in [2.05, 4.69) is 22.7 Å². The van der Waals surface area contributed by atoms with Gasteiger partial charge in [0.2, 0.25) is 0 Å². The molecule has 114 valence electrons. The molecule has 1 aromatic rings. The van der Waals surface area contributed by atoms with Gasteiger partial charge in [-0.05, 0) is 30.7 Å². The third-order valence-corrected chi connectivity index (χ3v) is 3.72. The number of esters is 1. The van der Waals surface area contributed by atoms with Gasteiger partial charge in [-0.1, -0.05) is 0 Å². The highest BCUT2D eigenvalue weighted by Gasteiger charge is 2.30. The van der Waals surface area contributed by atoms with Gasteiger partial charge in [-0.15, -0.1) is 0 Å². The second-order valence-corrected chi connectivity index (χ2v) is 5.63. The molecule has 0 aromatic heterocycles. The molecule has 0 saturated carbocycles. The van der Waals surface area contributed by atoms with Crippen LogP contribution in [0.5, 0.6) is 0 Å². The van der Waals surface area contributed by atoms with Crippen molar-refractivity contribution in [3.8, 4) is 0 Å². The number of hydrogen-bond acceptors (Lipinski definition) is 7. The fourth-order valence-corrected chi connectivity index (χ4v) is 2.52. The topological polar surface area (TPSA) is 107 Å². The predicted octanol–water partition coefficient (Wildman–Crippen LogP) is 0.738. The van der Waals surface area contributed by atoms with Crippen LogP contribution >= 0.6 is 12.6 Å². The van der Waals surface area contributed by atoms with Gasteiger partial charge in [-0.3, -0.25) is 10.1 Å². The first-order valence-corrected chi connectivity index (χ1v) is 7.09. The number of nitrogens with zero attached hydrogens (tertiary/aromatic N) is 1. The van der Waals surface area contributed by atoms with E-state index in [0.29, 0.717) is 22.4 Å². The normalized spacial score (nSPS) is 26.6. The quantitative estimate of drug-likeness (QED) is 0.322. The van der Waals surface area contributed by atoms with Crippen LogP contribution in [0, 0.1) is 10.1 Å². The van der Waals surface area contributed by atoms with E-state index in [-0.39, 0.29) is 0 Å². The summed E-state index contributed by atoms with van der Waals surface area (Å²) in [5.41, 5.74) is 6.13. The standard InChI is InChI=1S/C8H5NO4.C5H12N2S/c10-8-6-3-1-5(2-4-6)7(13-8)9(11)12;6-2-4-1-5(8)3-7-4/h1-4,7H;4-5,7-8H,1-3,6H2. The Hall–Kier alpha value is -1.64. The summed E-state index contributed by atoms with van der Waals surface area (Å²) in [6.45, 7) is 1.77. The number of nitrogens with one attached hydrogen (secondary N) is 1. The Morgan fingerprint density at radius 3 is 2.52 bits per heavy atom. The smallest absolute Gasteiger partial charge is 0.383 e. The highest BCUT2D eigenvalue weighted by Crippen LogP contribution is 2.24. The van der Waals surface area contributed by atoms with E-state index in [4.69, 9.17) is 5.73 Å². The highest BCUT2D eigenvalue weighted by molar-refractivity contribution is 7.81. The minimum absolute atomic E-state index is 0.341. The molecule has 8 heteroatoms. The third kappa shape index (κ3) is 3.93. The SMILES string of the molecule is NCC1CC(S)CN1.O=C1OC([N+](=O)[O-])c2ccc1cc2. The number of fused-ring (bicyclic) bond motifs is 4. The van der Waals surface area contributed by atoms with Crippen molar-refractivity contribution in [2.75, 3.05) is 13.1 Å². The summed E-state index contributed by atoms with van der Waals surface area (Å²) in [5.74, 6) is -0.651. The van der Waals surface area contributed by atoms with E-state index >= 15 is 0 Å². The molecule has 3 unspecified atom stereocenters. The molecule has 3 aliphatic heterocycles. The molecular weight excluding hydrogens is 294 g/mol. The number of nitro groups is 1. The molecule has 1 fully saturated rings. The largest absolute Gasteiger partial charge is 0.390 e. The zero-order valence-electron chi connectivity index (χ0n) is 11.3. The molecule has 1 aromatic carbocycles. The molecule has 1 saturated heterocycles. The Morgan fingerprint density at radius 1 is 1.43 bits per heavy atom. The number of rotatable bonds is 2. The first-order chi connectivity index (χ1) is 10.0. The van der Waals surface area contributed by atoms with Gasteiger partial charge in [0, 0.05) is 24.4 Å². The number of benzene rings is 1. The van der Waals surface area contributed by atoms with Crippen molar-refractivity contribution in [1.82, 2.24) is 5.32 Å². The van der Waals surface area contributed by atoms with Gasteiger partial charge in [0.15, 0.2) is 0 Å². The number of thiol groups is 1. The van der Waals surface area contributed by atoms with Crippen LogP contribution in [0.4, 0.5) is 0 Å². The van der Waals surface area contributed by atoms with Crippen molar-refractivity contribution in [3.63, 3.8) is 0 Å². The Bertz CT molecular complexity index is 523. The van der Waals surface area contributed by atoms with Crippen LogP contribution in [-0.2, 0) is 4.74 Å². The lowest BCUT2D eigenvalue weighted by atomic mass is 10.1. The lowest BCUT2D eigenvalue weighted by Crippen LogP contribution is -2.29. The predicted molar refractivity (Wildman–Crippen MR) is 79.8 cm³/mol. The third-order valence-electron chi connectivity index (χ3n) is 3.32. The molecule has 4 rings (SSSR count). The number of carbonyl (C=O) groups is 1. The number of carbonyl (C=O) groups excluding carboxylic acids is 1. The lowest BCUT2D eigenvalue weighted by Gasteiger charge is -2.05. The van der Waals surface area contributed by atoms with Gasteiger partial charge in [0.05, 0.1) is 16.1 Å². The highest BCUT2D eigenvalue weighted by atomic mass is 32.1. The van der Waals surface area contributed by atoms with E-state index in [0.717, 1.165) is 19.5 Å². The summed E-state index contributed by atoms with van der Waals surface area (Å²) >= 11 is 4.29. The van der Waals surface area contributed by atoms with Gasteiger partial charge >= 0.3 is 12.2 Å². The number of ether oxygens (including phenoxy) is 1. The van der Waals surface area contributed by atoms with Gasteiger partial charge in [-0.25, -0.2) is 4.79 Å². The number of nitrogens with two attached hydrogens (primary N) is 1. The Labute approximate surface area is 127 Å². The van der Waals surface area contributed by atoms with Gasteiger partial charge in [0.1, 0.15) is 0 Å². The lowest BCUT2D eigenvalue weighted by molar-refractivity contribution is -0.574. The maximum atomic E-state index is 11.1. The first kappa shape index (κ1) is 15.7. The Balaban J connectivity index is 0.000000173. The molecule has 0 radical (unpaired) electrons. The van der Waals surface area contributed by atoms with Crippen LogP contribution in [-0.4, -0.2) is 35.3 Å². The maximum absolute atomic E-state index is 11.1. The average Bonchev–Trinajstić information content (AvgIpc) is 2.76. The van der Waals surface area contributed by atoms with Crippen LogP contribution in [0.1, 0.15) is 28.6 Å². The molecule has 0 amide bonds. The van der Waals surface area contributed by atoms with Crippen LogP contribution in [0.2, 0.25) is 0 Å². The van der Waals surface area contributed by atoms with Crippen LogP contribution < -0.4 is 11.1 Å². The average molecular weight is 311 g/mol.